The van der Waals surface area contributed by atoms with Crippen LogP contribution in [0, 0.1) is 5.82 Å². The van der Waals surface area contributed by atoms with Crippen molar-refractivity contribution in [3.8, 4) is 0 Å². The monoisotopic (exact) mass is 305 g/mol. The maximum absolute atomic E-state index is 13.1. The molecule has 5 heteroatoms. The molecule has 110 valence electrons. The molecule has 0 amide bonds. The smallest absolute Gasteiger partial charge is 0.338 e. The van der Waals surface area contributed by atoms with Crippen molar-refractivity contribution in [3.05, 3.63) is 59.4 Å². The maximum atomic E-state index is 13.1. The third-order valence-corrected chi connectivity index (χ3v) is 3.85. The van der Waals surface area contributed by atoms with Gasteiger partial charge in [-0.25, -0.2) is 9.18 Å². The van der Waals surface area contributed by atoms with Crippen molar-refractivity contribution in [3.63, 3.8) is 0 Å². The molecular weight excluding hydrogens is 289 g/mol. The number of carbonyl (C=O) groups is 1. The summed E-state index contributed by atoms with van der Waals surface area (Å²) < 4.78 is 13.1. The van der Waals surface area contributed by atoms with Gasteiger partial charge in [0.1, 0.15) is 5.82 Å². The molecule has 0 heterocycles. The zero-order valence-corrected chi connectivity index (χ0v) is 12.4. The fraction of sp³-hybridized carbons (Fsp3) is 0.188. The van der Waals surface area contributed by atoms with Gasteiger partial charge in [-0.1, -0.05) is 25.1 Å². The molecule has 0 aliphatic rings. The number of aromatic carboxylic acids is 1. The van der Waals surface area contributed by atoms with Gasteiger partial charge in [0.15, 0.2) is 0 Å². The predicted molar refractivity (Wildman–Crippen MR) is 83.5 cm³/mol. The minimum absolute atomic E-state index is 0.265. The first-order valence-corrected chi connectivity index (χ1v) is 7.57. The Kier molecular flexibility index (Phi) is 5.22. The highest BCUT2D eigenvalue weighted by atomic mass is 32.2. The normalized spacial score (nSPS) is 10.4. The number of thioether (sulfide) groups is 1. The van der Waals surface area contributed by atoms with Crippen molar-refractivity contribution >= 4 is 23.4 Å². The van der Waals surface area contributed by atoms with Gasteiger partial charge in [0.05, 0.1) is 11.3 Å². The molecule has 0 bridgehead atoms. The summed E-state index contributed by atoms with van der Waals surface area (Å²) >= 11 is 1.49. The molecular formula is C16H16FNO2S. The Bertz CT molecular complexity index is 646. The molecule has 0 spiro atoms. The Morgan fingerprint density at radius 3 is 2.71 bits per heavy atom. The largest absolute Gasteiger partial charge is 0.478 e. The van der Waals surface area contributed by atoms with Crippen LogP contribution in [0.1, 0.15) is 22.8 Å². The Balaban J connectivity index is 2.23. The van der Waals surface area contributed by atoms with Crippen molar-refractivity contribution in [2.24, 2.45) is 0 Å². The molecule has 0 atom stereocenters. The lowest BCUT2D eigenvalue weighted by Gasteiger charge is -2.13. The Morgan fingerprint density at radius 1 is 1.29 bits per heavy atom. The molecule has 2 rings (SSSR count). The van der Waals surface area contributed by atoms with Gasteiger partial charge in [0.2, 0.25) is 0 Å². The quantitative estimate of drug-likeness (QED) is 0.783. The molecule has 21 heavy (non-hydrogen) atoms. The van der Waals surface area contributed by atoms with Gasteiger partial charge < -0.3 is 10.4 Å². The van der Waals surface area contributed by atoms with Crippen LogP contribution in [0.2, 0.25) is 0 Å². The van der Waals surface area contributed by atoms with Gasteiger partial charge in [-0.2, -0.15) is 0 Å². The molecule has 2 aromatic carbocycles. The van der Waals surface area contributed by atoms with Crippen LogP contribution in [-0.4, -0.2) is 16.8 Å². The maximum Gasteiger partial charge on any atom is 0.338 e. The summed E-state index contributed by atoms with van der Waals surface area (Å²) in [6, 6.07) is 11.6. The van der Waals surface area contributed by atoms with E-state index >= 15 is 0 Å². The second kappa shape index (κ2) is 7.13. The van der Waals surface area contributed by atoms with E-state index in [-0.39, 0.29) is 11.4 Å². The topological polar surface area (TPSA) is 49.3 Å². The van der Waals surface area contributed by atoms with Gasteiger partial charge in [-0.15, -0.1) is 11.8 Å². The third kappa shape index (κ3) is 3.98. The van der Waals surface area contributed by atoms with Crippen LogP contribution < -0.4 is 5.32 Å². The van der Waals surface area contributed by atoms with Crippen molar-refractivity contribution in [2.75, 3.05) is 11.1 Å². The first kappa shape index (κ1) is 15.4. The van der Waals surface area contributed by atoms with Crippen molar-refractivity contribution in [2.45, 2.75) is 18.4 Å². The van der Waals surface area contributed by atoms with Gasteiger partial charge in [-0.3, -0.25) is 0 Å². The van der Waals surface area contributed by atoms with Gasteiger partial charge in [-0.05, 0) is 35.6 Å². The summed E-state index contributed by atoms with van der Waals surface area (Å²) in [5.41, 5.74) is 1.57. The lowest BCUT2D eigenvalue weighted by atomic mass is 10.1. The van der Waals surface area contributed by atoms with Gasteiger partial charge in [0.25, 0.3) is 0 Å². The van der Waals surface area contributed by atoms with E-state index in [1.54, 1.807) is 24.3 Å². The average molecular weight is 305 g/mol. The molecule has 0 unspecified atom stereocenters. The van der Waals surface area contributed by atoms with E-state index in [1.807, 2.05) is 13.0 Å². The lowest BCUT2D eigenvalue weighted by molar-refractivity contribution is 0.0694. The standard InChI is InChI=1S/C16H16FNO2S/c1-2-21-14-8-4-7-13(15(14)16(19)20)18-10-11-5-3-6-12(17)9-11/h3-9,18H,2,10H2,1H3,(H,19,20). The van der Waals surface area contributed by atoms with E-state index < -0.39 is 5.97 Å². The molecule has 2 aromatic rings. The van der Waals surface area contributed by atoms with E-state index in [0.717, 1.165) is 16.2 Å². The number of hydrogen-bond donors (Lipinski definition) is 2. The van der Waals surface area contributed by atoms with Crippen molar-refractivity contribution < 1.29 is 14.3 Å². The number of hydrogen-bond acceptors (Lipinski definition) is 3. The van der Waals surface area contributed by atoms with Crippen molar-refractivity contribution in [1.82, 2.24) is 0 Å². The molecule has 3 nitrogen and oxygen atoms in total. The van der Waals surface area contributed by atoms with E-state index in [9.17, 15) is 14.3 Å². The van der Waals surface area contributed by atoms with Crippen LogP contribution in [0.25, 0.3) is 0 Å². The Labute approximate surface area is 127 Å². The summed E-state index contributed by atoms with van der Waals surface area (Å²) in [4.78, 5) is 12.2. The molecule has 0 radical (unpaired) electrons. The van der Waals surface area contributed by atoms with Crippen LogP contribution in [0.3, 0.4) is 0 Å². The second-order valence-electron chi connectivity index (χ2n) is 4.40. The summed E-state index contributed by atoms with van der Waals surface area (Å²) in [7, 11) is 0. The first-order valence-electron chi connectivity index (χ1n) is 6.59. The Hall–Kier alpha value is -2.01. The number of halogens is 1. The van der Waals surface area contributed by atoms with E-state index in [4.69, 9.17) is 0 Å². The fourth-order valence-electron chi connectivity index (χ4n) is 2.02. The molecule has 0 fully saturated rings. The van der Waals surface area contributed by atoms with Gasteiger partial charge in [0, 0.05) is 11.4 Å². The zero-order chi connectivity index (χ0) is 15.2. The number of rotatable bonds is 6. The van der Waals surface area contributed by atoms with E-state index in [1.165, 1.54) is 23.9 Å². The highest BCUT2D eigenvalue weighted by Crippen LogP contribution is 2.29. The Morgan fingerprint density at radius 2 is 2.05 bits per heavy atom. The molecule has 0 saturated heterocycles. The highest BCUT2D eigenvalue weighted by Gasteiger charge is 2.15. The molecule has 0 aliphatic carbocycles. The second-order valence-corrected chi connectivity index (χ2v) is 5.71. The van der Waals surface area contributed by atoms with Crippen LogP contribution in [0.5, 0.6) is 0 Å². The number of benzene rings is 2. The average Bonchev–Trinajstić information content (AvgIpc) is 2.45. The van der Waals surface area contributed by atoms with Crippen LogP contribution >= 0.6 is 11.8 Å². The number of carboxylic acid groups (broad SMARTS) is 1. The van der Waals surface area contributed by atoms with Gasteiger partial charge >= 0.3 is 5.97 Å². The van der Waals surface area contributed by atoms with Crippen LogP contribution in [0.4, 0.5) is 10.1 Å². The zero-order valence-electron chi connectivity index (χ0n) is 11.6. The third-order valence-electron chi connectivity index (χ3n) is 2.91. The number of anilines is 1. The minimum Gasteiger partial charge on any atom is -0.478 e. The molecule has 0 aliphatic heterocycles. The van der Waals surface area contributed by atoms with Crippen molar-refractivity contribution in [1.29, 1.82) is 0 Å². The molecule has 0 saturated carbocycles. The summed E-state index contributed by atoms with van der Waals surface area (Å²) in [6.07, 6.45) is 0. The summed E-state index contributed by atoms with van der Waals surface area (Å²) in [5.74, 6) is -0.468. The first-order chi connectivity index (χ1) is 10.1. The summed E-state index contributed by atoms with van der Waals surface area (Å²) in [6.45, 7) is 2.35. The van der Waals surface area contributed by atoms with Crippen LogP contribution in [0.15, 0.2) is 47.4 Å². The number of nitrogens with one attached hydrogen (secondary N) is 1. The number of carboxylic acids is 1. The SMILES string of the molecule is CCSc1cccc(NCc2cccc(F)c2)c1C(=O)O. The lowest BCUT2D eigenvalue weighted by Crippen LogP contribution is -2.08. The highest BCUT2D eigenvalue weighted by molar-refractivity contribution is 7.99. The van der Waals surface area contributed by atoms with E-state index in [0.29, 0.717) is 12.2 Å². The molecule has 2 N–H and O–H groups in total. The minimum atomic E-state index is -0.965. The van der Waals surface area contributed by atoms with Crippen LogP contribution in [-0.2, 0) is 6.54 Å². The molecule has 0 aromatic heterocycles. The summed E-state index contributed by atoms with van der Waals surface area (Å²) in [5, 5.41) is 12.5. The fourth-order valence-corrected chi connectivity index (χ4v) is 2.85. The van der Waals surface area contributed by atoms with E-state index in [2.05, 4.69) is 5.32 Å². The predicted octanol–water partition coefficient (Wildman–Crippen LogP) is 4.25.